The van der Waals surface area contributed by atoms with Gasteiger partial charge in [-0.15, -0.1) is 0 Å². The third kappa shape index (κ3) is 5.70. The normalized spacial score (nSPS) is 17.4. The Hall–Kier alpha value is -4.17. The van der Waals surface area contributed by atoms with Gasteiger partial charge in [0.25, 0.3) is 5.91 Å². The number of carbonyl (C=O) groups is 1. The number of hydrogen-bond acceptors (Lipinski definition) is 4. The van der Waals surface area contributed by atoms with Crippen LogP contribution in [-0.4, -0.2) is 48.0 Å². The van der Waals surface area contributed by atoms with Crippen LogP contribution in [0.2, 0.25) is 0 Å². The quantitative estimate of drug-likeness (QED) is 0.300. The smallest absolute Gasteiger partial charge is 0.369 e. The maximum Gasteiger partial charge on any atom is 0.416 e. The minimum atomic E-state index is -4.55. The highest BCUT2D eigenvalue weighted by Crippen LogP contribution is 2.37. The number of fused-ring (bicyclic) bond motifs is 1. The molecular formula is C33H31F3N4O. The Balaban J connectivity index is 1.18. The lowest BCUT2D eigenvalue weighted by molar-refractivity contribution is -0.137. The summed E-state index contributed by atoms with van der Waals surface area (Å²) in [4.78, 5) is 22.5. The van der Waals surface area contributed by atoms with Crippen molar-refractivity contribution in [3.8, 4) is 11.1 Å². The van der Waals surface area contributed by atoms with E-state index in [1.54, 1.807) is 19.1 Å². The first-order valence-electron chi connectivity index (χ1n) is 13.9. The van der Waals surface area contributed by atoms with Gasteiger partial charge in [-0.2, -0.15) is 13.2 Å². The van der Waals surface area contributed by atoms with E-state index in [2.05, 4.69) is 20.1 Å². The third-order valence-electron chi connectivity index (χ3n) is 8.20. The Labute approximate surface area is 237 Å². The van der Waals surface area contributed by atoms with Crippen molar-refractivity contribution < 1.29 is 18.0 Å². The van der Waals surface area contributed by atoms with Gasteiger partial charge in [0, 0.05) is 61.6 Å². The van der Waals surface area contributed by atoms with Crippen molar-refractivity contribution >= 4 is 17.3 Å². The molecule has 1 unspecified atom stereocenters. The standard InChI is InChI=1S/C33H31F3N4O/c1-22-17-26(33(34,35)36)21-30(31(22)23-5-3-2-4-6-23)32(41)38-27-8-7-24-19-29(20-25(24)18-27)40-15-13-39(14-16-40)28-9-11-37-12-10-28/h2-12,17-18,21,29H,13-16,19-20H2,1H3,(H,38,41). The zero-order valence-corrected chi connectivity index (χ0v) is 22.8. The molecular weight excluding hydrogens is 525 g/mol. The van der Waals surface area contributed by atoms with Crippen LogP contribution in [0, 0.1) is 6.92 Å². The monoisotopic (exact) mass is 556 g/mol. The van der Waals surface area contributed by atoms with Gasteiger partial charge >= 0.3 is 6.18 Å². The molecule has 0 radical (unpaired) electrons. The molecule has 6 rings (SSSR count). The second kappa shape index (κ2) is 11.0. The van der Waals surface area contributed by atoms with Gasteiger partial charge in [-0.3, -0.25) is 14.7 Å². The molecule has 1 amide bonds. The van der Waals surface area contributed by atoms with E-state index in [0.717, 1.165) is 51.2 Å². The number of pyridine rings is 1. The van der Waals surface area contributed by atoms with Gasteiger partial charge in [0.2, 0.25) is 0 Å². The first-order valence-corrected chi connectivity index (χ1v) is 13.9. The van der Waals surface area contributed by atoms with E-state index in [-0.39, 0.29) is 5.56 Å². The summed E-state index contributed by atoms with van der Waals surface area (Å²) in [5.74, 6) is -0.556. The number of rotatable bonds is 5. The van der Waals surface area contributed by atoms with E-state index >= 15 is 0 Å². The average Bonchev–Trinajstić information content (AvgIpc) is 3.41. The van der Waals surface area contributed by atoms with E-state index in [1.807, 2.05) is 60.9 Å². The van der Waals surface area contributed by atoms with E-state index in [1.165, 1.54) is 16.8 Å². The Morgan fingerprint density at radius 1 is 0.878 bits per heavy atom. The summed E-state index contributed by atoms with van der Waals surface area (Å²) in [6.07, 6.45) is 0.919. The van der Waals surface area contributed by atoms with E-state index in [9.17, 15) is 18.0 Å². The van der Waals surface area contributed by atoms with E-state index < -0.39 is 17.6 Å². The van der Waals surface area contributed by atoms with Crippen LogP contribution < -0.4 is 10.2 Å². The molecule has 1 aromatic heterocycles. The topological polar surface area (TPSA) is 48.5 Å². The largest absolute Gasteiger partial charge is 0.416 e. The molecule has 8 heteroatoms. The lowest BCUT2D eigenvalue weighted by Crippen LogP contribution is -2.50. The zero-order chi connectivity index (χ0) is 28.6. The lowest BCUT2D eigenvalue weighted by atomic mass is 9.92. The number of nitrogens with one attached hydrogen (secondary N) is 1. The van der Waals surface area contributed by atoms with Gasteiger partial charge in [0.15, 0.2) is 0 Å². The molecule has 5 nitrogen and oxygen atoms in total. The number of aryl methyl sites for hydroxylation is 1. The van der Waals surface area contributed by atoms with E-state index in [0.29, 0.717) is 28.4 Å². The van der Waals surface area contributed by atoms with Crippen molar-refractivity contribution in [1.82, 2.24) is 9.88 Å². The Morgan fingerprint density at radius 2 is 1.59 bits per heavy atom. The molecule has 0 spiro atoms. The predicted molar refractivity (Wildman–Crippen MR) is 155 cm³/mol. The SMILES string of the molecule is Cc1cc(C(F)(F)F)cc(C(=O)Nc2ccc3c(c2)CC(N2CCN(c4ccncc4)CC2)C3)c1-c1ccccc1. The van der Waals surface area contributed by atoms with Gasteiger partial charge in [0.05, 0.1) is 5.56 Å². The first kappa shape index (κ1) is 27.0. The highest BCUT2D eigenvalue weighted by molar-refractivity contribution is 6.09. The van der Waals surface area contributed by atoms with Crippen molar-refractivity contribution in [1.29, 1.82) is 0 Å². The summed E-state index contributed by atoms with van der Waals surface area (Å²) in [7, 11) is 0. The summed E-state index contributed by atoms with van der Waals surface area (Å²) in [6, 6.07) is 21.5. The van der Waals surface area contributed by atoms with Crippen molar-refractivity contribution in [2.45, 2.75) is 32.0 Å². The number of benzene rings is 3. The molecule has 0 saturated carbocycles. The first-order chi connectivity index (χ1) is 19.8. The number of alkyl halides is 3. The molecule has 1 aliphatic carbocycles. The van der Waals surface area contributed by atoms with Crippen LogP contribution in [0.3, 0.4) is 0 Å². The molecule has 0 bridgehead atoms. The fourth-order valence-electron chi connectivity index (χ4n) is 6.15. The number of anilines is 2. The maximum atomic E-state index is 13.7. The van der Waals surface area contributed by atoms with Crippen LogP contribution in [0.5, 0.6) is 0 Å². The molecule has 2 aliphatic rings. The number of nitrogens with zero attached hydrogens (tertiary/aromatic N) is 3. The Bertz CT molecular complexity index is 1550. The average molecular weight is 557 g/mol. The molecule has 3 aromatic carbocycles. The number of halogens is 3. The van der Waals surface area contributed by atoms with Gasteiger partial charge < -0.3 is 10.2 Å². The third-order valence-corrected chi connectivity index (χ3v) is 8.20. The second-order valence-electron chi connectivity index (χ2n) is 10.8. The summed E-state index contributed by atoms with van der Waals surface area (Å²) >= 11 is 0. The molecule has 2 heterocycles. The molecule has 1 fully saturated rings. The summed E-state index contributed by atoms with van der Waals surface area (Å²) in [5.41, 5.74) is 4.99. The lowest BCUT2D eigenvalue weighted by Gasteiger charge is -2.39. The summed E-state index contributed by atoms with van der Waals surface area (Å²) in [6.45, 7) is 5.47. The molecule has 1 saturated heterocycles. The Morgan fingerprint density at radius 3 is 2.29 bits per heavy atom. The molecule has 4 aromatic rings. The fourth-order valence-corrected chi connectivity index (χ4v) is 6.15. The molecule has 1 aliphatic heterocycles. The Kier molecular flexibility index (Phi) is 7.26. The minimum Gasteiger partial charge on any atom is -0.369 e. The summed E-state index contributed by atoms with van der Waals surface area (Å²) in [5, 5.41) is 2.89. The van der Waals surface area contributed by atoms with Crippen LogP contribution in [0.15, 0.2) is 85.2 Å². The molecule has 1 N–H and O–H groups in total. The highest BCUT2D eigenvalue weighted by atomic mass is 19.4. The van der Waals surface area contributed by atoms with E-state index in [4.69, 9.17) is 0 Å². The molecule has 1 atom stereocenters. The zero-order valence-electron chi connectivity index (χ0n) is 22.8. The van der Waals surface area contributed by atoms with Crippen molar-refractivity contribution in [3.63, 3.8) is 0 Å². The van der Waals surface area contributed by atoms with Crippen molar-refractivity contribution in [3.05, 3.63) is 113 Å². The van der Waals surface area contributed by atoms with Crippen molar-refractivity contribution in [2.24, 2.45) is 0 Å². The van der Waals surface area contributed by atoms with Crippen LogP contribution in [0.4, 0.5) is 24.5 Å². The van der Waals surface area contributed by atoms with Crippen LogP contribution >= 0.6 is 0 Å². The van der Waals surface area contributed by atoms with Gasteiger partial charge in [-0.25, -0.2) is 0 Å². The minimum absolute atomic E-state index is 0.00830. The number of amides is 1. The number of aromatic nitrogens is 1. The van der Waals surface area contributed by atoms with Crippen LogP contribution in [0.25, 0.3) is 11.1 Å². The highest BCUT2D eigenvalue weighted by Gasteiger charge is 2.33. The fraction of sp³-hybridized carbons (Fsp3) is 0.273. The van der Waals surface area contributed by atoms with Gasteiger partial charge in [-0.1, -0.05) is 36.4 Å². The maximum absolute atomic E-state index is 13.7. The van der Waals surface area contributed by atoms with Crippen LogP contribution in [-0.2, 0) is 19.0 Å². The second-order valence-corrected chi connectivity index (χ2v) is 10.8. The number of carbonyl (C=O) groups excluding carboxylic acids is 1. The van der Waals surface area contributed by atoms with Gasteiger partial charge in [-0.05, 0) is 84.0 Å². The number of hydrogen-bond donors (Lipinski definition) is 1. The number of piperazine rings is 1. The predicted octanol–water partition coefficient (Wildman–Crippen LogP) is 6.62. The molecule has 41 heavy (non-hydrogen) atoms. The molecule has 210 valence electrons. The van der Waals surface area contributed by atoms with Crippen LogP contribution in [0.1, 0.15) is 32.6 Å². The van der Waals surface area contributed by atoms with Crippen molar-refractivity contribution in [2.75, 3.05) is 36.4 Å². The van der Waals surface area contributed by atoms with Gasteiger partial charge in [0.1, 0.15) is 0 Å². The summed E-state index contributed by atoms with van der Waals surface area (Å²) < 4.78 is 41.0.